The molecule has 9 nitrogen and oxygen atoms in total. The minimum Gasteiger partial charge on any atom is -0.493 e. The molecule has 3 aromatic carbocycles. The van der Waals surface area contributed by atoms with Crippen molar-refractivity contribution in [2.45, 2.75) is 51.2 Å². The van der Waals surface area contributed by atoms with Gasteiger partial charge in [0, 0.05) is 18.7 Å². The fourth-order valence-electron chi connectivity index (χ4n) is 4.11. The van der Waals surface area contributed by atoms with Gasteiger partial charge in [-0.1, -0.05) is 48.0 Å². The van der Waals surface area contributed by atoms with Gasteiger partial charge >= 0.3 is 0 Å². The largest absolute Gasteiger partial charge is 0.493 e. The first-order valence-corrected chi connectivity index (χ1v) is 14.4. The molecule has 0 aliphatic heterocycles. The van der Waals surface area contributed by atoms with Crippen LogP contribution >= 0.6 is 0 Å². The molecule has 0 aliphatic carbocycles. The standard InChI is InChI=1S/C30H37N3O6S/c1-21(2)31-30(35)23(4)32(19-24-10-8-7-9-11-24)29(34)20-33(25-14-17-27(38-5)28(18-25)39-6)40(36,37)26-15-12-22(3)13-16-26/h7-18,21,23H,19-20H2,1-6H3,(H,31,35)/t23-/m1/s1. The van der Waals surface area contributed by atoms with Gasteiger partial charge in [-0.2, -0.15) is 0 Å². The number of benzene rings is 3. The van der Waals surface area contributed by atoms with Gasteiger partial charge in [-0.3, -0.25) is 13.9 Å². The summed E-state index contributed by atoms with van der Waals surface area (Å²) in [5.41, 5.74) is 1.91. The number of nitrogens with zero attached hydrogens (tertiary/aromatic N) is 2. The maximum absolute atomic E-state index is 14.0. The summed E-state index contributed by atoms with van der Waals surface area (Å²) in [6.45, 7) is 6.74. The maximum atomic E-state index is 14.0. The third-order valence-corrected chi connectivity index (χ3v) is 8.13. The summed E-state index contributed by atoms with van der Waals surface area (Å²) >= 11 is 0. The summed E-state index contributed by atoms with van der Waals surface area (Å²) in [7, 11) is -1.27. The van der Waals surface area contributed by atoms with E-state index in [1.807, 2.05) is 51.1 Å². The summed E-state index contributed by atoms with van der Waals surface area (Å²) in [4.78, 5) is 28.4. The molecule has 0 saturated carbocycles. The van der Waals surface area contributed by atoms with Crippen molar-refractivity contribution in [2.75, 3.05) is 25.1 Å². The van der Waals surface area contributed by atoms with E-state index in [0.717, 1.165) is 15.4 Å². The summed E-state index contributed by atoms with van der Waals surface area (Å²) in [5, 5.41) is 2.84. The van der Waals surface area contributed by atoms with E-state index in [0.29, 0.717) is 11.5 Å². The van der Waals surface area contributed by atoms with Gasteiger partial charge in [0.05, 0.1) is 24.8 Å². The van der Waals surface area contributed by atoms with Gasteiger partial charge in [0.2, 0.25) is 11.8 Å². The van der Waals surface area contributed by atoms with E-state index in [9.17, 15) is 18.0 Å². The zero-order chi connectivity index (χ0) is 29.4. The minimum atomic E-state index is -4.19. The third kappa shape index (κ3) is 7.32. The summed E-state index contributed by atoms with van der Waals surface area (Å²) < 4.78 is 39.7. The molecule has 3 aromatic rings. The van der Waals surface area contributed by atoms with Crippen LogP contribution in [0.3, 0.4) is 0 Å². The number of nitrogens with one attached hydrogen (secondary N) is 1. The summed E-state index contributed by atoms with van der Waals surface area (Å²) in [5.74, 6) is -0.156. The molecule has 0 saturated heterocycles. The van der Waals surface area contributed by atoms with Crippen LogP contribution in [0.25, 0.3) is 0 Å². The van der Waals surface area contributed by atoms with Crippen LogP contribution in [0.4, 0.5) is 5.69 Å². The molecule has 3 rings (SSSR count). The van der Waals surface area contributed by atoms with E-state index < -0.39 is 28.5 Å². The lowest BCUT2D eigenvalue weighted by molar-refractivity contribution is -0.139. The molecular formula is C30H37N3O6S. The highest BCUT2D eigenvalue weighted by Gasteiger charge is 2.33. The Labute approximate surface area is 236 Å². The first kappa shape index (κ1) is 30.5. The van der Waals surface area contributed by atoms with Crippen molar-refractivity contribution >= 4 is 27.5 Å². The predicted octanol–water partition coefficient (Wildman–Crippen LogP) is 4.15. The van der Waals surface area contributed by atoms with Crippen molar-refractivity contribution in [3.8, 4) is 11.5 Å². The molecule has 0 unspecified atom stereocenters. The number of rotatable bonds is 12. The van der Waals surface area contributed by atoms with Crippen LogP contribution in [-0.2, 0) is 26.2 Å². The first-order chi connectivity index (χ1) is 19.0. The summed E-state index contributed by atoms with van der Waals surface area (Å²) in [6, 6.07) is 19.3. The lowest BCUT2D eigenvalue weighted by Gasteiger charge is -2.32. The van der Waals surface area contributed by atoms with Crippen molar-refractivity contribution in [2.24, 2.45) is 0 Å². The van der Waals surface area contributed by atoms with Crippen molar-refractivity contribution in [1.29, 1.82) is 0 Å². The van der Waals surface area contributed by atoms with Crippen molar-refractivity contribution in [1.82, 2.24) is 10.2 Å². The highest BCUT2D eigenvalue weighted by molar-refractivity contribution is 7.92. The minimum absolute atomic E-state index is 0.0286. The van der Waals surface area contributed by atoms with Crippen LogP contribution in [-0.4, -0.2) is 58.0 Å². The average Bonchev–Trinajstić information content (AvgIpc) is 2.94. The highest BCUT2D eigenvalue weighted by atomic mass is 32.2. The summed E-state index contributed by atoms with van der Waals surface area (Å²) in [6.07, 6.45) is 0. The Morgan fingerprint density at radius 1 is 0.875 bits per heavy atom. The third-order valence-electron chi connectivity index (χ3n) is 6.34. The van der Waals surface area contributed by atoms with Crippen molar-refractivity contribution < 1.29 is 27.5 Å². The molecule has 0 spiro atoms. The Morgan fingerprint density at radius 2 is 1.50 bits per heavy atom. The SMILES string of the molecule is COc1ccc(N(CC(=O)N(Cc2ccccc2)[C@H](C)C(=O)NC(C)C)S(=O)(=O)c2ccc(C)cc2)cc1OC. The second-order valence-electron chi connectivity index (χ2n) is 9.71. The molecular weight excluding hydrogens is 530 g/mol. The van der Waals surface area contributed by atoms with Crippen LogP contribution in [0, 0.1) is 6.92 Å². The number of amides is 2. The fourth-order valence-corrected chi connectivity index (χ4v) is 5.52. The lowest BCUT2D eigenvalue weighted by Crippen LogP contribution is -2.52. The van der Waals surface area contributed by atoms with Gasteiger partial charge in [0.1, 0.15) is 12.6 Å². The molecule has 1 atom stereocenters. The van der Waals surface area contributed by atoms with Crippen LogP contribution in [0.5, 0.6) is 11.5 Å². The molecule has 2 amide bonds. The molecule has 0 fully saturated rings. The number of sulfonamides is 1. The molecule has 40 heavy (non-hydrogen) atoms. The van der Waals surface area contributed by atoms with Gasteiger partial charge < -0.3 is 19.7 Å². The Bertz CT molecular complexity index is 1410. The number of anilines is 1. The van der Waals surface area contributed by atoms with Gasteiger partial charge in [0.25, 0.3) is 10.0 Å². The lowest BCUT2D eigenvalue weighted by atomic mass is 10.1. The normalized spacial score (nSPS) is 12.0. The van der Waals surface area contributed by atoms with Gasteiger partial charge in [0.15, 0.2) is 11.5 Å². The number of ether oxygens (including phenoxy) is 2. The van der Waals surface area contributed by atoms with E-state index in [1.54, 1.807) is 31.2 Å². The van der Waals surface area contributed by atoms with Crippen LogP contribution in [0.1, 0.15) is 31.9 Å². The van der Waals surface area contributed by atoms with Gasteiger partial charge in [-0.25, -0.2) is 8.42 Å². The number of hydrogen-bond donors (Lipinski definition) is 1. The molecule has 0 bridgehead atoms. The van der Waals surface area contributed by atoms with Gasteiger partial charge in [-0.05, 0) is 57.5 Å². The van der Waals surface area contributed by atoms with E-state index in [4.69, 9.17) is 9.47 Å². The van der Waals surface area contributed by atoms with Crippen LogP contribution in [0.2, 0.25) is 0 Å². The zero-order valence-electron chi connectivity index (χ0n) is 23.7. The first-order valence-electron chi connectivity index (χ1n) is 12.9. The molecule has 0 aromatic heterocycles. The Hall–Kier alpha value is -4.05. The molecule has 0 aliphatic rings. The zero-order valence-corrected chi connectivity index (χ0v) is 24.6. The van der Waals surface area contributed by atoms with Gasteiger partial charge in [-0.15, -0.1) is 0 Å². The molecule has 10 heteroatoms. The Balaban J connectivity index is 2.08. The highest BCUT2D eigenvalue weighted by Crippen LogP contribution is 2.34. The van der Waals surface area contributed by atoms with E-state index in [1.165, 1.54) is 37.3 Å². The second kappa shape index (κ2) is 13.3. The molecule has 1 N–H and O–H groups in total. The number of carbonyl (C=O) groups excluding carboxylic acids is 2. The van der Waals surface area contributed by atoms with E-state index in [-0.39, 0.29) is 29.1 Å². The monoisotopic (exact) mass is 567 g/mol. The number of aryl methyl sites for hydroxylation is 1. The van der Waals surface area contributed by atoms with Crippen molar-refractivity contribution in [3.63, 3.8) is 0 Å². The number of hydrogen-bond acceptors (Lipinski definition) is 6. The van der Waals surface area contributed by atoms with E-state index in [2.05, 4.69) is 5.32 Å². The quantitative estimate of drug-likeness (QED) is 0.353. The topological polar surface area (TPSA) is 105 Å². The maximum Gasteiger partial charge on any atom is 0.264 e. The Morgan fingerprint density at radius 3 is 2.08 bits per heavy atom. The molecule has 214 valence electrons. The predicted molar refractivity (Wildman–Crippen MR) is 155 cm³/mol. The number of carbonyl (C=O) groups is 2. The van der Waals surface area contributed by atoms with Crippen LogP contribution in [0.15, 0.2) is 77.7 Å². The average molecular weight is 568 g/mol. The smallest absolute Gasteiger partial charge is 0.264 e. The van der Waals surface area contributed by atoms with E-state index >= 15 is 0 Å². The van der Waals surface area contributed by atoms with Crippen LogP contribution < -0.4 is 19.1 Å². The Kier molecular flexibility index (Phi) is 10.2. The van der Waals surface area contributed by atoms with Crippen molar-refractivity contribution in [3.05, 3.63) is 83.9 Å². The fraction of sp³-hybridized carbons (Fsp3) is 0.333. The molecule has 0 heterocycles. The molecule has 0 radical (unpaired) electrons. The second-order valence-corrected chi connectivity index (χ2v) is 11.6. The number of methoxy groups -OCH3 is 2.